The summed E-state index contributed by atoms with van der Waals surface area (Å²) in [5.41, 5.74) is 2.96. The second-order valence-electron chi connectivity index (χ2n) is 7.62. The highest BCUT2D eigenvalue weighted by Crippen LogP contribution is 2.45. The number of carbonyl (C=O) groups is 1. The quantitative estimate of drug-likeness (QED) is 0.445. The molecule has 3 aromatic rings. The van der Waals surface area contributed by atoms with Crippen LogP contribution in [0.3, 0.4) is 0 Å². The molecule has 154 valence electrons. The van der Waals surface area contributed by atoms with Crippen LogP contribution in [0.25, 0.3) is 11.1 Å². The fourth-order valence-electron chi connectivity index (χ4n) is 3.59. The minimum absolute atomic E-state index is 0.305. The van der Waals surface area contributed by atoms with Crippen molar-refractivity contribution < 1.29 is 9.90 Å². The molecule has 30 heavy (non-hydrogen) atoms. The van der Waals surface area contributed by atoms with Gasteiger partial charge in [-0.1, -0.05) is 59.1 Å². The first-order valence-corrected chi connectivity index (χ1v) is 10.5. The van der Waals surface area contributed by atoms with Gasteiger partial charge in [-0.05, 0) is 55.3 Å². The van der Waals surface area contributed by atoms with Gasteiger partial charge in [-0.15, -0.1) is 0 Å². The summed E-state index contributed by atoms with van der Waals surface area (Å²) in [6.45, 7) is 3.70. The Bertz CT molecular complexity index is 1140. The first-order chi connectivity index (χ1) is 14.2. The third-order valence-electron chi connectivity index (χ3n) is 5.12. The van der Waals surface area contributed by atoms with Crippen LogP contribution in [0.4, 0.5) is 16.2 Å². The highest BCUT2D eigenvalue weighted by Gasteiger charge is 2.32. The number of halogens is 3. The van der Waals surface area contributed by atoms with Gasteiger partial charge in [0.2, 0.25) is 0 Å². The van der Waals surface area contributed by atoms with Crippen LogP contribution in [-0.4, -0.2) is 11.1 Å². The van der Waals surface area contributed by atoms with Gasteiger partial charge in [0.1, 0.15) is 0 Å². The predicted octanol–water partition coefficient (Wildman–Crippen LogP) is 6.90. The largest absolute Gasteiger partial charge is 0.386 e. The van der Waals surface area contributed by atoms with Crippen LogP contribution >= 0.6 is 34.8 Å². The first-order valence-electron chi connectivity index (χ1n) is 9.35. The van der Waals surface area contributed by atoms with Crippen molar-refractivity contribution in [1.29, 1.82) is 0 Å². The molecule has 0 saturated carbocycles. The lowest BCUT2D eigenvalue weighted by molar-refractivity contribution is 0.0786. The number of nitrogens with one attached hydrogen (secondary N) is 1. The fourth-order valence-corrected chi connectivity index (χ4v) is 4.40. The number of urea groups is 1. The van der Waals surface area contributed by atoms with Gasteiger partial charge in [-0.3, -0.25) is 4.90 Å². The van der Waals surface area contributed by atoms with Crippen molar-refractivity contribution in [2.24, 2.45) is 0 Å². The molecule has 4 rings (SSSR count). The number of benzene rings is 3. The van der Waals surface area contributed by atoms with Crippen LogP contribution in [0.1, 0.15) is 25.0 Å². The minimum atomic E-state index is -1.14. The number of rotatable bonds is 3. The zero-order valence-corrected chi connectivity index (χ0v) is 18.6. The Morgan fingerprint density at radius 1 is 0.933 bits per heavy atom. The second kappa shape index (κ2) is 7.78. The van der Waals surface area contributed by atoms with Gasteiger partial charge in [-0.2, -0.15) is 0 Å². The van der Waals surface area contributed by atoms with Crippen LogP contribution in [0.5, 0.6) is 0 Å². The molecule has 4 nitrogen and oxygen atoms in total. The molecule has 0 aliphatic carbocycles. The molecule has 0 radical (unpaired) electrons. The number of hydrogen-bond donors (Lipinski definition) is 2. The van der Waals surface area contributed by atoms with Crippen molar-refractivity contribution in [3.05, 3.63) is 80.8 Å². The van der Waals surface area contributed by atoms with E-state index in [1.54, 1.807) is 38.1 Å². The molecule has 3 aromatic carbocycles. The van der Waals surface area contributed by atoms with E-state index in [1.165, 1.54) is 4.90 Å². The van der Waals surface area contributed by atoms with E-state index < -0.39 is 5.60 Å². The molecule has 0 saturated heterocycles. The number of amides is 2. The van der Waals surface area contributed by atoms with Gasteiger partial charge in [0.25, 0.3) is 0 Å². The van der Waals surface area contributed by atoms with Crippen molar-refractivity contribution in [2.45, 2.75) is 26.0 Å². The number of aliphatic hydroxyl groups is 1. The summed E-state index contributed by atoms with van der Waals surface area (Å²) in [5, 5.41) is 14.9. The molecule has 1 aliphatic rings. The monoisotopic (exact) mass is 460 g/mol. The average Bonchev–Trinajstić information content (AvgIpc) is 2.68. The van der Waals surface area contributed by atoms with Gasteiger partial charge in [0, 0.05) is 22.7 Å². The summed E-state index contributed by atoms with van der Waals surface area (Å²) in [5.74, 6) is 0. The Morgan fingerprint density at radius 3 is 2.20 bits per heavy atom. The fraction of sp³-hybridized carbons (Fsp3) is 0.174. The van der Waals surface area contributed by atoms with E-state index in [-0.39, 0.29) is 6.03 Å². The molecule has 0 spiro atoms. The first kappa shape index (κ1) is 21.0. The third-order valence-corrected chi connectivity index (χ3v) is 6.06. The number of hydrogen-bond acceptors (Lipinski definition) is 2. The standard InChI is InChI=1S/C23H19Cl3N2O2/c1-23(2,30)13-10-15(14-6-3-4-7-17(14)24)16-12-27-22(29)28(20(16)11-13)21-18(25)8-5-9-19(21)26/h3-11,30H,12H2,1-2H3,(H,27,29). The highest BCUT2D eigenvalue weighted by atomic mass is 35.5. The SMILES string of the molecule is CC(C)(O)c1cc(-c2ccccc2Cl)c2c(c1)N(c1c(Cl)cccc1Cl)C(=O)NC2. The summed E-state index contributed by atoms with van der Waals surface area (Å²) in [6.07, 6.45) is 0. The minimum Gasteiger partial charge on any atom is -0.386 e. The molecule has 0 aromatic heterocycles. The highest BCUT2D eigenvalue weighted by molar-refractivity contribution is 6.40. The predicted molar refractivity (Wildman–Crippen MR) is 123 cm³/mol. The van der Waals surface area contributed by atoms with Crippen molar-refractivity contribution in [1.82, 2.24) is 5.32 Å². The molecule has 0 fully saturated rings. The number of anilines is 2. The molecule has 2 N–H and O–H groups in total. The number of fused-ring (bicyclic) bond motifs is 1. The molecule has 0 atom stereocenters. The van der Waals surface area contributed by atoms with E-state index in [2.05, 4.69) is 5.32 Å². The Labute approximate surface area is 190 Å². The summed E-state index contributed by atoms with van der Waals surface area (Å²) in [4.78, 5) is 14.4. The zero-order chi connectivity index (χ0) is 21.6. The van der Waals surface area contributed by atoms with Gasteiger partial charge in [0.05, 0.1) is 27.0 Å². The molecular formula is C23H19Cl3N2O2. The van der Waals surface area contributed by atoms with Crippen LogP contribution in [0.2, 0.25) is 15.1 Å². The van der Waals surface area contributed by atoms with Crippen molar-refractivity contribution in [3.8, 4) is 11.1 Å². The van der Waals surface area contributed by atoms with E-state index in [9.17, 15) is 9.90 Å². The van der Waals surface area contributed by atoms with Crippen molar-refractivity contribution in [2.75, 3.05) is 4.90 Å². The normalized spacial score (nSPS) is 13.8. The maximum Gasteiger partial charge on any atom is 0.326 e. The lowest BCUT2D eigenvalue weighted by atomic mass is 9.88. The van der Waals surface area contributed by atoms with Crippen molar-refractivity contribution in [3.63, 3.8) is 0 Å². The lowest BCUT2D eigenvalue weighted by Gasteiger charge is -2.34. The van der Waals surface area contributed by atoms with Crippen LogP contribution in [0, 0.1) is 0 Å². The Balaban J connectivity index is 2.06. The molecule has 1 heterocycles. The summed E-state index contributed by atoms with van der Waals surface area (Å²) in [7, 11) is 0. The topological polar surface area (TPSA) is 52.6 Å². The number of carbonyl (C=O) groups excluding carboxylic acids is 1. The molecule has 2 amide bonds. The van der Waals surface area contributed by atoms with E-state index in [4.69, 9.17) is 34.8 Å². The van der Waals surface area contributed by atoms with Gasteiger partial charge in [0.15, 0.2) is 0 Å². The van der Waals surface area contributed by atoms with E-state index in [0.717, 1.165) is 16.7 Å². The van der Waals surface area contributed by atoms with E-state index >= 15 is 0 Å². The summed E-state index contributed by atoms with van der Waals surface area (Å²) >= 11 is 19.4. The van der Waals surface area contributed by atoms with Gasteiger partial charge in [-0.25, -0.2) is 4.79 Å². The smallest absolute Gasteiger partial charge is 0.326 e. The van der Waals surface area contributed by atoms with E-state index in [0.29, 0.717) is 38.6 Å². The maximum absolute atomic E-state index is 12.9. The van der Waals surface area contributed by atoms with Crippen LogP contribution in [0.15, 0.2) is 54.6 Å². The Hall–Kier alpha value is -2.24. The van der Waals surface area contributed by atoms with E-state index in [1.807, 2.05) is 30.3 Å². The summed E-state index contributed by atoms with van der Waals surface area (Å²) in [6, 6.07) is 15.9. The number of nitrogens with zero attached hydrogens (tertiary/aromatic N) is 1. The van der Waals surface area contributed by atoms with Crippen molar-refractivity contribution >= 4 is 52.2 Å². The molecule has 0 bridgehead atoms. The van der Waals surface area contributed by atoms with Crippen LogP contribution in [-0.2, 0) is 12.1 Å². The summed E-state index contributed by atoms with van der Waals surface area (Å²) < 4.78 is 0. The molecular weight excluding hydrogens is 443 g/mol. The second-order valence-corrected chi connectivity index (χ2v) is 8.85. The lowest BCUT2D eigenvalue weighted by Crippen LogP contribution is -2.42. The van der Waals surface area contributed by atoms with Crippen LogP contribution < -0.4 is 10.2 Å². The zero-order valence-electron chi connectivity index (χ0n) is 16.3. The Kier molecular flexibility index (Phi) is 5.45. The van der Waals surface area contributed by atoms with Gasteiger partial charge < -0.3 is 10.4 Å². The average molecular weight is 462 g/mol. The maximum atomic E-state index is 12.9. The Morgan fingerprint density at radius 2 is 1.57 bits per heavy atom. The van der Waals surface area contributed by atoms with Gasteiger partial charge >= 0.3 is 6.03 Å². The third kappa shape index (κ3) is 3.65. The number of para-hydroxylation sites is 1. The molecule has 0 unspecified atom stereocenters. The molecule has 7 heteroatoms. The molecule has 1 aliphatic heterocycles.